The zero-order valence-electron chi connectivity index (χ0n) is 15.4. The Hall–Kier alpha value is -2.48. The van der Waals surface area contributed by atoms with Crippen LogP contribution in [0.1, 0.15) is 25.0 Å². The van der Waals surface area contributed by atoms with E-state index in [1.807, 2.05) is 18.0 Å². The van der Waals surface area contributed by atoms with Crippen LogP contribution < -0.4 is 4.90 Å². The van der Waals surface area contributed by atoms with Crippen molar-refractivity contribution in [3.63, 3.8) is 0 Å². The van der Waals surface area contributed by atoms with Crippen molar-refractivity contribution in [3.8, 4) is 0 Å². The van der Waals surface area contributed by atoms with Crippen LogP contribution in [0.3, 0.4) is 0 Å². The number of likely N-dealkylation sites (N-methyl/N-ethyl adjacent to an activating group) is 1. The van der Waals surface area contributed by atoms with Crippen LogP contribution in [0.5, 0.6) is 0 Å². The molecule has 140 valence electrons. The molecule has 8 heteroatoms. The van der Waals surface area contributed by atoms with Gasteiger partial charge in [0.15, 0.2) is 0 Å². The minimum absolute atomic E-state index is 0.0210. The molecule has 3 rings (SSSR count). The molecule has 1 atom stereocenters. The average Bonchev–Trinajstić information content (AvgIpc) is 3.05. The lowest BCUT2D eigenvalue weighted by atomic mass is 9.92. The molecule has 2 aromatic heterocycles. The third kappa shape index (κ3) is 4.37. The van der Waals surface area contributed by atoms with Crippen LogP contribution in [0.2, 0.25) is 0 Å². The average molecular weight is 358 g/mol. The number of aromatic nitrogens is 4. The predicted molar refractivity (Wildman–Crippen MR) is 97.6 cm³/mol. The smallest absolute Gasteiger partial charge is 0.225 e. The standard InChI is InChI=1S/C18H26N6O2/c1-22(16(25)6-5-15-7-11-21-23(15)2)13-18(26)8-3-12-24(14-18)17-19-9-4-10-20-17/h4,7,9-11,26H,3,5-6,8,12-14H2,1-2H3. The van der Waals surface area contributed by atoms with Crippen molar-refractivity contribution in [3.05, 3.63) is 36.4 Å². The molecule has 0 saturated carbocycles. The first kappa shape index (κ1) is 18.3. The van der Waals surface area contributed by atoms with E-state index in [1.165, 1.54) is 0 Å². The van der Waals surface area contributed by atoms with Crippen LogP contribution in [0.15, 0.2) is 30.7 Å². The second-order valence-electron chi connectivity index (χ2n) is 6.99. The fraction of sp³-hybridized carbons (Fsp3) is 0.556. The van der Waals surface area contributed by atoms with Gasteiger partial charge in [-0.2, -0.15) is 5.10 Å². The van der Waals surface area contributed by atoms with Crippen molar-refractivity contribution in [2.75, 3.05) is 31.6 Å². The number of anilines is 1. The Morgan fingerprint density at radius 1 is 1.35 bits per heavy atom. The summed E-state index contributed by atoms with van der Waals surface area (Å²) in [5, 5.41) is 15.1. The van der Waals surface area contributed by atoms with Gasteiger partial charge in [-0.25, -0.2) is 9.97 Å². The third-order valence-electron chi connectivity index (χ3n) is 4.87. The molecule has 3 heterocycles. The van der Waals surface area contributed by atoms with Gasteiger partial charge in [0.25, 0.3) is 0 Å². The fourth-order valence-corrected chi connectivity index (χ4v) is 3.47. The molecule has 0 spiro atoms. The monoisotopic (exact) mass is 358 g/mol. The van der Waals surface area contributed by atoms with Crippen LogP contribution in [0.25, 0.3) is 0 Å². The van der Waals surface area contributed by atoms with Crippen molar-refractivity contribution in [2.24, 2.45) is 7.05 Å². The molecular weight excluding hydrogens is 332 g/mol. The largest absolute Gasteiger partial charge is 0.386 e. The summed E-state index contributed by atoms with van der Waals surface area (Å²) < 4.78 is 1.78. The Bertz CT molecular complexity index is 734. The summed E-state index contributed by atoms with van der Waals surface area (Å²) >= 11 is 0. The molecule has 0 bridgehead atoms. The van der Waals surface area contributed by atoms with E-state index in [-0.39, 0.29) is 5.91 Å². The van der Waals surface area contributed by atoms with Crippen molar-refractivity contribution in [2.45, 2.75) is 31.3 Å². The van der Waals surface area contributed by atoms with E-state index < -0.39 is 5.60 Å². The maximum absolute atomic E-state index is 12.5. The van der Waals surface area contributed by atoms with E-state index in [4.69, 9.17) is 0 Å². The lowest BCUT2D eigenvalue weighted by molar-refractivity contribution is -0.133. The highest BCUT2D eigenvalue weighted by Crippen LogP contribution is 2.24. The van der Waals surface area contributed by atoms with Gasteiger partial charge in [-0.05, 0) is 31.4 Å². The lowest BCUT2D eigenvalue weighted by Gasteiger charge is -2.41. The van der Waals surface area contributed by atoms with Crippen molar-refractivity contribution in [1.29, 1.82) is 0 Å². The number of rotatable bonds is 6. The molecule has 1 amide bonds. The van der Waals surface area contributed by atoms with Gasteiger partial charge < -0.3 is 14.9 Å². The molecule has 1 aliphatic rings. The molecule has 0 aliphatic carbocycles. The quantitative estimate of drug-likeness (QED) is 0.815. The number of nitrogens with zero attached hydrogens (tertiary/aromatic N) is 6. The first-order valence-corrected chi connectivity index (χ1v) is 8.92. The van der Waals surface area contributed by atoms with E-state index in [9.17, 15) is 9.90 Å². The van der Waals surface area contributed by atoms with Crippen molar-refractivity contribution in [1.82, 2.24) is 24.6 Å². The maximum atomic E-state index is 12.5. The molecule has 1 unspecified atom stereocenters. The van der Waals surface area contributed by atoms with Gasteiger partial charge in [-0.1, -0.05) is 0 Å². The summed E-state index contributed by atoms with van der Waals surface area (Å²) in [7, 11) is 3.62. The van der Waals surface area contributed by atoms with E-state index >= 15 is 0 Å². The molecule has 1 fully saturated rings. The number of carbonyl (C=O) groups is 1. The number of piperidine rings is 1. The Morgan fingerprint density at radius 2 is 2.12 bits per heavy atom. The number of carbonyl (C=O) groups excluding carboxylic acids is 1. The number of hydrogen-bond donors (Lipinski definition) is 1. The second-order valence-corrected chi connectivity index (χ2v) is 6.99. The number of aryl methyl sites for hydroxylation is 2. The lowest BCUT2D eigenvalue weighted by Crippen LogP contribution is -2.55. The highest BCUT2D eigenvalue weighted by atomic mass is 16.3. The van der Waals surface area contributed by atoms with E-state index in [0.29, 0.717) is 38.3 Å². The Labute approximate surface area is 153 Å². The predicted octanol–water partition coefficient (Wildman–Crippen LogP) is 0.633. The van der Waals surface area contributed by atoms with Gasteiger partial charge in [-0.3, -0.25) is 9.48 Å². The van der Waals surface area contributed by atoms with Gasteiger partial charge in [-0.15, -0.1) is 0 Å². The molecule has 0 aromatic carbocycles. The van der Waals surface area contributed by atoms with Crippen molar-refractivity contribution >= 4 is 11.9 Å². The van der Waals surface area contributed by atoms with Crippen LogP contribution >= 0.6 is 0 Å². The Morgan fingerprint density at radius 3 is 2.81 bits per heavy atom. The number of amides is 1. The second kappa shape index (κ2) is 7.82. The first-order chi connectivity index (χ1) is 12.5. The summed E-state index contributed by atoms with van der Waals surface area (Å²) in [4.78, 5) is 24.6. The minimum Gasteiger partial charge on any atom is -0.386 e. The molecule has 2 aromatic rings. The molecular formula is C18H26N6O2. The highest BCUT2D eigenvalue weighted by molar-refractivity contribution is 5.76. The SMILES string of the molecule is CN(CC1(O)CCCN(c2ncccn2)C1)C(=O)CCc1ccnn1C. The van der Waals surface area contributed by atoms with Gasteiger partial charge in [0.1, 0.15) is 0 Å². The van der Waals surface area contributed by atoms with Gasteiger partial charge in [0.2, 0.25) is 11.9 Å². The maximum Gasteiger partial charge on any atom is 0.225 e. The summed E-state index contributed by atoms with van der Waals surface area (Å²) in [6, 6.07) is 3.69. The van der Waals surface area contributed by atoms with Crippen molar-refractivity contribution < 1.29 is 9.90 Å². The Balaban J connectivity index is 1.56. The van der Waals surface area contributed by atoms with E-state index in [2.05, 4.69) is 15.1 Å². The van der Waals surface area contributed by atoms with Gasteiger partial charge in [0.05, 0.1) is 18.7 Å². The number of β-amino-alcohol motifs (C(OH)–C–C–N with tert-alkyl or cyclic N) is 1. The number of hydrogen-bond acceptors (Lipinski definition) is 6. The molecule has 1 aliphatic heterocycles. The first-order valence-electron chi connectivity index (χ1n) is 8.92. The van der Waals surface area contributed by atoms with Gasteiger partial charge >= 0.3 is 0 Å². The van der Waals surface area contributed by atoms with Crippen LogP contribution in [-0.4, -0.2) is 67.9 Å². The van der Waals surface area contributed by atoms with Crippen LogP contribution in [0, 0.1) is 0 Å². The summed E-state index contributed by atoms with van der Waals surface area (Å²) in [5.41, 5.74) is 0.0736. The highest BCUT2D eigenvalue weighted by Gasteiger charge is 2.36. The summed E-state index contributed by atoms with van der Waals surface area (Å²) in [5.74, 6) is 0.642. The Kier molecular flexibility index (Phi) is 5.51. The molecule has 1 N–H and O–H groups in total. The zero-order valence-corrected chi connectivity index (χ0v) is 15.4. The minimum atomic E-state index is -0.950. The molecule has 1 saturated heterocycles. The normalized spacial score (nSPS) is 20.2. The van der Waals surface area contributed by atoms with E-state index in [0.717, 1.165) is 18.7 Å². The third-order valence-corrected chi connectivity index (χ3v) is 4.87. The van der Waals surface area contributed by atoms with E-state index in [1.54, 1.807) is 41.3 Å². The van der Waals surface area contributed by atoms with Crippen LogP contribution in [-0.2, 0) is 18.3 Å². The molecule has 8 nitrogen and oxygen atoms in total. The summed E-state index contributed by atoms with van der Waals surface area (Å²) in [6.45, 7) is 1.54. The van der Waals surface area contributed by atoms with Gasteiger partial charge in [0, 0.05) is 51.3 Å². The summed E-state index contributed by atoms with van der Waals surface area (Å²) in [6.07, 6.45) is 7.67. The number of aliphatic hydroxyl groups is 1. The van der Waals surface area contributed by atoms with Crippen LogP contribution in [0.4, 0.5) is 5.95 Å². The molecule has 0 radical (unpaired) electrons. The zero-order chi connectivity index (χ0) is 18.6. The topological polar surface area (TPSA) is 87.4 Å². The molecule has 26 heavy (non-hydrogen) atoms. The fourth-order valence-electron chi connectivity index (χ4n) is 3.47.